The number of nitrogens with zero attached hydrogens (tertiary/aromatic N) is 2. The fourth-order valence-electron chi connectivity index (χ4n) is 4.27. The quantitative estimate of drug-likeness (QED) is 0.296. The van der Waals surface area contributed by atoms with Crippen LogP contribution >= 0.6 is 11.6 Å². The van der Waals surface area contributed by atoms with Crippen LogP contribution in [0.15, 0.2) is 91.0 Å². The van der Waals surface area contributed by atoms with Crippen LogP contribution < -0.4 is 5.32 Å². The summed E-state index contributed by atoms with van der Waals surface area (Å²) in [6.07, 6.45) is 1.57. The van der Waals surface area contributed by atoms with Crippen LogP contribution in [-0.2, 0) is 13.0 Å². The van der Waals surface area contributed by atoms with Gasteiger partial charge in [-0.2, -0.15) is 0 Å². The van der Waals surface area contributed by atoms with E-state index in [-0.39, 0.29) is 5.91 Å². The number of aromatic nitrogens is 2. The molecule has 0 atom stereocenters. The molecule has 164 valence electrons. The highest BCUT2D eigenvalue weighted by atomic mass is 35.5. The van der Waals surface area contributed by atoms with E-state index in [0.29, 0.717) is 17.1 Å². The van der Waals surface area contributed by atoms with Gasteiger partial charge in [0, 0.05) is 30.1 Å². The van der Waals surface area contributed by atoms with Crippen LogP contribution in [0.4, 0.5) is 0 Å². The SMILES string of the molecule is O=C(NCCCc1nc2ccccc2n1Cc1cccc2ccccc12)c1cccc(Cl)c1. The predicted molar refractivity (Wildman–Crippen MR) is 135 cm³/mol. The smallest absolute Gasteiger partial charge is 0.251 e. The molecule has 4 aromatic carbocycles. The van der Waals surface area contributed by atoms with E-state index in [4.69, 9.17) is 16.6 Å². The summed E-state index contributed by atoms with van der Waals surface area (Å²) in [5.74, 6) is 0.919. The van der Waals surface area contributed by atoms with E-state index < -0.39 is 0 Å². The molecule has 0 saturated carbocycles. The van der Waals surface area contributed by atoms with Gasteiger partial charge in [-0.15, -0.1) is 0 Å². The lowest BCUT2D eigenvalue weighted by molar-refractivity contribution is 0.0953. The van der Waals surface area contributed by atoms with Crippen LogP contribution in [0.5, 0.6) is 0 Å². The first-order valence-corrected chi connectivity index (χ1v) is 11.5. The third-order valence-corrected chi connectivity index (χ3v) is 6.13. The van der Waals surface area contributed by atoms with E-state index in [2.05, 4.69) is 70.5 Å². The maximum Gasteiger partial charge on any atom is 0.251 e. The summed E-state index contributed by atoms with van der Waals surface area (Å²) in [6.45, 7) is 1.33. The minimum absolute atomic E-state index is 0.109. The molecule has 5 rings (SSSR count). The van der Waals surface area contributed by atoms with E-state index in [1.54, 1.807) is 24.3 Å². The Balaban J connectivity index is 1.34. The van der Waals surface area contributed by atoms with Crippen LogP contribution in [0.1, 0.15) is 28.2 Å². The molecule has 1 aromatic heterocycles. The van der Waals surface area contributed by atoms with Gasteiger partial charge >= 0.3 is 0 Å². The molecule has 0 aliphatic rings. The maximum absolute atomic E-state index is 12.4. The van der Waals surface area contributed by atoms with E-state index in [0.717, 1.165) is 36.2 Å². The number of hydrogen-bond acceptors (Lipinski definition) is 2. The van der Waals surface area contributed by atoms with Crippen molar-refractivity contribution >= 4 is 39.3 Å². The molecule has 5 aromatic rings. The Kier molecular flexibility index (Phi) is 6.09. The molecule has 0 radical (unpaired) electrons. The molecule has 1 heterocycles. The Labute approximate surface area is 197 Å². The molecular weight excluding hydrogens is 430 g/mol. The number of carbonyl (C=O) groups excluding carboxylic acids is 1. The molecule has 4 nitrogen and oxygen atoms in total. The van der Waals surface area contributed by atoms with E-state index >= 15 is 0 Å². The number of aryl methyl sites for hydroxylation is 1. The van der Waals surface area contributed by atoms with Crippen LogP contribution in [0.3, 0.4) is 0 Å². The summed E-state index contributed by atoms with van der Waals surface area (Å²) in [5, 5.41) is 6.05. The van der Waals surface area contributed by atoms with E-state index in [1.165, 1.54) is 16.3 Å². The second-order valence-electron chi connectivity index (χ2n) is 8.11. The number of imidazole rings is 1. The van der Waals surface area contributed by atoms with Crippen molar-refractivity contribution in [2.45, 2.75) is 19.4 Å². The fraction of sp³-hybridized carbons (Fsp3) is 0.143. The van der Waals surface area contributed by atoms with Crippen molar-refractivity contribution in [3.05, 3.63) is 113 Å². The van der Waals surface area contributed by atoms with Gasteiger partial charge < -0.3 is 9.88 Å². The zero-order chi connectivity index (χ0) is 22.6. The zero-order valence-electron chi connectivity index (χ0n) is 18.2. The van der Waals surface area contributed by atoms with Crippen LogP contribution in [-0.4, -0.2) is 22.0 Å². The highest BCUT2D eigenvalue weighted by Gasteiger charge is 2.13. The van der Waals surface area contributed by atoms with E-state index in [1.807, 2.05) is 6.07 Å². The minimum Gasteiger partial charge on any atom is -0.352 e. The first-order valence-electron chi connectivity index (χ1n) is 11.1. The van der Waals surface area contributed by atoms with Gasteiger partial charge in [0.25, 0.3) is 5.91 Å². The Morgan fingerprint density at radius 2 is 1.70 bits per heavy atom. The molecule has 5 heteroatoms. The van der Waals surface area contributed by atoms with Crippen molar-refractivity contribution < 1.29 is 4.79 Å². The number of carbonyl (C=O) groups is 1. The van der Waals surface area contributed by atoms with Gasteiger partial charge in [-0.1, -0.05) is 72.3 Å². The molecule has 0 fully saturated rings. The maximum atomic E-state index is 12.4. The Hall–Kier alpha value is -3.63. The van der Waals surface area contributed by atoms with Crippen molar-refractivity contribution in [3.8, 4) is 0 Å². The lowest BCUT2D eigenvalue weighted by atomic mass is 10.0. The number of amides is 1. The normalized spacial score (nSPS) is 11.2. The van der Waals surface area contributed by atoms with Crippen LogP contribution in [0.2, 0.25) is 5.02 Å². The highest BCUT2D eigenvalue weighted by molar-refractivity contribution is 6.30. The van der Waals surface area contributed by atoms with Crippen molar-refractivity contribution in [1.29, 1.82) is 0 Å². The van der Waals surface area contributed by atoms with Crippen LogP contribution in [0, 0.1) is 0 Å². The van der Waals surface area contributed by atoms with Gasteiger partial charge in [-0.3, -0.25) is 4.79 Å². The number of nitrogens with one attached hydrogen (secondary N) is 1. The van der Waals surface area contributed by atoms with Crippen LogP contribution in [0.25, 0.3) is 21.8 Å². The lowest BCUT2D eigenvalue weighted by Crippen LogP contribution is -2.25. The number of para-hydroxylation sites is 2. The second-order valence-corrected chi connectivity index (χ2v) is 8.55. The van der Waals surface area contributed by atoms with Crippen molar-refractivity contribution in [2.75, 3.05) is 6.54 Å². The topological polar surface area (TPSA) is 46.9 Å². The molecule has 0 saturated heterocycles. The zero-order valence-corrected chi connectivity index (χ0v) is 18.9. The first-order chi connectivity index (χ1) is 16.2. The third kappa shape index (κ3) is 4.62. The van der Waals surface area contributed by atoms with Crippen molar-refractivity contribution in [2.24, 2.45) is 0 Å². The number of rotatable bonds is 7. The molecule has 0 spiro atoms. The molecule has 0 aliphatic carbocycles. The van der Waals surface area contributed by atoms with Crippen molar-refractivity contribution in [1.82, 2.24) is 14.9 Å². The molecule has 0 unspecified atom stereocenters. The summed E-state index contributed by atoms with van der Waals surface area (Å²) in [4.78, 5) is 17.3. The van der Waals surface area contributed by atoms with Gasteiger partial charge in [-0.25, -0.2) is 4.98 Å². The van der Waals surface area contributed by atoms with Gasteiger partial charge in [0.2, 0.25) is 0 Å². The average molecular weight is 454 g/mol. The van der Waals surface area contributed by atoms with Gasteiger partial charge in [0.05, 0.1) is 11.0 Å². The number of halogens is 1. The summed E-state index contributed by atoms with van der Waals surface area (Å²) in [5.41, 5.74) is 3.97. The van der Waals surface area contributed by atoms with Gasteiger partial charge in [0.15, 0.2) is 0 Å². The summed E-state index contributed by atoms with van der Waals surface area (Å²) < 4.78 is 2.30. The van der Waals surface area contributed by atoms with Gasteiger partial charge in [0.1, 0.15) is 5.82 Å². The predicted octanol–water partition coefficient (Wildman–Crippen LogP) is 6.25. The largest absolute Gasteiger partial charge is 0.352 e. The number of fused-ring (bicyclic) bond motifs is 2. The molecule has 1 amide bonds. The summed E-state index contributed by atoms with van der Waals surface area (Å²) in [6, 6.07) is 30.2. The molecule has 0 aliphatic heterocycles. The van der Waals surface area contributed by atoms with Crippen molar-refractivity contribution in [3.63, 3.8) is 0 Å². The first kappa shape index (κ1) is 21.2. The fourth-order valence-corrected chi connectivity index (χ4v) is 4.46. The van der Waals surface area contributed by atoms with Gasteiger partial charge in [-0.05, 0) is 53.1 Å². The number of hydrogen-bond donors (Lipinski definition) is 1. The minimum atomic E-state index is -0.109. The third-order valence-electron chi connectivity index (χ3n) is 5.89. The molecular formula is C28H24ClN3O. The number of benzene rings is 4. The average Bonchev–Trinajstić information content (AvgIpc) is 3.19. The standard InChI is InChI=1S/C28H24ClN3O/c29-23-12-6-10-21(18-23)28(33)30-17-7-16-27-31-25-14-3-4-15-26(25)32(27)19-22-11-5-9-20-8-1-2-13-24(20)22/h1-6,8-15,18H,7,16-17,19H2,(H,30,33). The highest BCUT2D eigenvalue weighted by Crippen LogP contribution is 2.23. The summed E-state index contributed by atoms with van der Waals surface area (Å²) >= 11 is 6.00. The molecule has 0 bridgehead atoms. The van der Waals surface area contributed by atoms with E-state index in [9.17, 15) is 4.79 Å². The molecule has 1 N–H and O–H groups in total. The Bertz CT molecular complexity index is 1430. The monoisotopic (exact) mass is 453 g/mol. The molecule has 33 heavy (non-hydrogen) atoms. The lowest BCUT2D eigenvalue weighted by Gasteiger charge is -2.12. The second kappa shape index (κ2) is 9.47. The Morgan fingerprint density at radius 1 is 0.909 bits per heavy atom. The Morgan fingerprint density at radius 3 is 2.61 bits per heavy atom. The summed E-state index contributed by atoms with van der Waals surface area (Å²) in [7, 11) is 0.